The molecule has 0 aliphatic heterocycles. The van der Waals surface area contributed by atoms with E-state index in [-0.39, 0.29) is 0 Å². The van der Waals surface area contributed by atoms with Crippen molar-refractivity contribution in [2.45, 2.75) is 26.4 Å². The molecular formula is C11H15N5. The maximum atomic E-state index is 4.25. The van der Waals surface area contributed by atoms with Crippen molar-refractivity contribution in [1.82, 2.24) is 25.5 Å². The second-order valence-corrected chi connectivity index (χ2v) is 3.90. The Balaban J connectivity index is 2.19. The highest BCUT2D eigenvalue weighted by atomic mass is 15.1. The Morgan fingerprint density at radius 2 is 2.19 bits per heavy atom. The molecule has 2 N–H and O–H groups in total. The summed E-state index contributed by atoms with van der Waals surface area (Å²) in [4.78, 5) is 8.29. The predicted molar refractivity (Wildman–Crippen MR) is 61.6 cm³/mol. The molecule has 0 unspecified atom stereocenters. The zero-order valence-electron chi connectivity index (χ0n) is 9.44. The molecule has 5 nitrogen and oxygen atoms in total. The Morgan fingerprint density at radius 1 is 1.31 bits per heavy atom. The van der Waals surface area contributed by atoms with Gasteiger partial charge in [0.2, 0.25) is 0 Å². The zero-order valence-corrected chi connectivity index (χ0v) is 9.44. The molecule has 0 bridgehead atoms. The van der Waals surface area contributed by atoms with Gasteiger partial charge in [0.05, 0.1) is 18.1 Å². The third-order valence-corrected chi connectivity index (χ3v) is 2.24. The van der Waals surface area contributed by atoms with Crippen molar-refractivity contribution in [2.24, 2.45) is 0 Å². The van der Waals surface area contributed by atoms with Crippen LogP contribution in [0.3, 0.4) is 0 Å². The molecule has 2 heterocycles. The number of hydrogen-bond acceptors (Lipinski definition) is 4. The first kappa shape index (κ1) is 10.8. The average molecular weight is 217 g/mol. The summed E-state index contributed by atoms with van der Waals surface area (Å²) < 4.78 is 0. The van der Waals surface area contributed by atoms with Crippen molar-refractivity contribution in [3.05, 3.63) is 30.4 Å². The van der Waals surface area contributed by atoms with Gasteiger partial charge in [-0.05, 0) is 0 Å². The van der Waals surface area contributed by atoms with E-state index in [4.69, 9.17) is 0 Å². The van der Waals surface area contributed by atoms with Gasteiger partial charge in [-0.2, -0.15) is 5.10 Å². The minimum Gasteiger partial charge on any atom is -0.310 e. The van der Waals surface area contributed by atoms with Gasteiger partial charge in [0.1, 0.15) is 5.69 Å². The summed E-state index contributed by atoms with van der Waals surface area (Å²) in [6.07, 6.45) is 6.88. The van der Waals surface area contributed by atoms with E-state index in [2.05, 4.69) is 39.3 Å². The van der Waals surface area contributed by atoms with Gasteiger partial charge in [-0.15, -0.1) is 0 Å². The van der Waals surface area contributed by atoms with Crippen LogP contribution in [0.25, 0.3) is 11.4 Å². The lowest BCUT2D eigenvalue weighted by atomic mass is 10.2. The van der Waals surface area contributed by atoms with Gasteiger partial charge in [-0.3, -0.25) is 15.1 Å². The molecule has 2 rings (SSSR count). The first-order chi connectivity index (χ1) is 7.77. The maximum Gasteiger partial charge on any atom is 0.107 e. The number of aromatic nitrogens is 4. The van der Waals surface area contributed by atoms with E-state index in [1.165, 1.54) is 0 Å². The summed E-state index contributed by atoms with van der Waals surface area (Å²) >= 11 is 0. The minimum absolute atomic E-state index is 0.449. The van der Waals surface area contributed by atoms with Crippen LogP contribution in [0.1, 0.15) is 19.4 Å². The summed E-state index contributed by atoms with van der Waals surface area (Å²) in [6.45, 7) is 5.00. The number of H-pyrrole nitrogens is 1. The molecule has 0 saturated heterocycles. The van der Waals surface area contributed by atoms with Crippen molar-refractivity contribution in [2.75, 3.05) is 0 Å². The highest BCUT2D eigenvalue weighted by Crippen LogP contribution is 2.17. The van der Waals surface area contributed by atoms with Crippen LogP contribution in [0.2, 0.25) is 0 Å². The predicted octanol–water partition coefficient (Wildman–Crippen LogP) is 1.36. The van der Waals surface area contributed by atoms with Gasteiger partial charge in [0.15, 0.2) is 0 Å². The Labute approximate surface area is 94.3 Å². The number of rotatable bonds is 4. The van der Waals surface area contributed by atoms with E-state index in [9.17, 15) is 0 Å². The highest BCUT2D eigenvalue weighted by molar-refractivity contribution is 5.56. The standard InChI is InChI=1S/C11H15N5/c1-8(2)14-5-9-6-15-16-11(9)10-7-12-3-4-13-10/h3-4,6-8,14H,5H2,1-2H3,(H,15,16). The first-order valence-electron chi connectivity index (χ1n) is 5.29. The molecule has 0 aromatic carbocycles. The van der Waals surface area contributed by atoms with Crippen LogP contribution < -0.4 is 5.32 Å². The average Bonchev–Trinajstić information content (AvgIpc) is 2.75. The molecule has 0 saturated carbocycles. The van der Waals surface area contributed by atoms with Crippen molar-refractivity contribution >= 4 is 0 Å². The molecule has 2 aromatic rings. The van der Waals surface area contributed by atoms with Crippen LogP contribution in [-0.4, -0.2) is 26.2 Å². The minimum atomic E-state index is 0.449. The summed E-state index contributed by atoms with van der Waals surface area (Å²) in [5.74, 6) is 0. The van der Waals surface area contributed by atoms with Crippen molar-refractivity contribution in [3.8, 4) is 11.4 Å². The van der Waals surface area contributed by atoms with E-state index in [0.717, 1.165) is 23.5 Å². The van der Waals surface area contributed by atoms with Crippen LogP contribution in [0, 0.1) is 0 Å². The topological polar surface area (TPSA) is 66.5 Å². The summed E-state index contributed by atoms with van der Waals surface area (Å²) in [5.41, 5.74) is 2.86. The van der Waals surface area contributed by atoms with Gasteiger partial charge in [0.25, 0.3) is 0 Å². The number of nitrogens with zero attached hydrogens (tertiary/aromatic N) is 3. The van der Waals surface area contributed by atoms with Crippen LogP contribution in [0.4, 0.5) is 0 Å². The van der Waals surface area contributed by atoms with E-state index >= 15 is 0 Å². The smallest absolute Gasteiger partial charge is 0.107 e. The maximum absolute atomic E-state index is 4.25. The second-order valence-electron chi connectivity index (χ2n) is 3.90. The van der Waals surface area contributed by atoms with Gasteiger partial charge in [-0.25, -0.2) is 0 Å². The van der Waals surface area contributed by atoms with E-state index in [0.29, 0.717) is 6.04 Å². The van der Waals surface area contributed by atoms with Crippen LogP contribution >= 0.6 is 0 Å². The molecule has 0 aliphatic carbocycles. The number of aromatic amines is 1. The quantitative estimate of drug-likeness (QED) is 0.811. The summed E-state index contributed by atoms with van der Waals surface area (Å²) in [7, 11) is 0. The number of nitrogens with one attached hydrogen (secondary N) is 2. The lowest BCUT2D eigenvalue weighted by Gasteiger charge is -2.07. The Bertz CT molecular complexity index is 435. The molecule has 0 spiro atoms. The van der Waals surface area contributed by atoms with Crippen LogP contribution in [-0.2, 0) is 6.54 Å². The molecule has 5 heteroatoms. The molecule has 0 atom stereocenters. The van der Waals surface area contributed by atoms with Crippen molar-refractivity contribution in [3.63, 3.8) is 0 Å². The zero-order chi connectivity index (χ0) is 11.4. The molecule has 0 radical (unpaired) electrons. The third kappa shape index (κ3) is 2.43. The SMILES string of the molecule is CC(C)NCc1cn[nH]c1-c1cnccn1. The van der Waals surface area contributed by atoms with Gasteiger partial charge in [-0.1, -0.05) is 13.8 Å². The molecule has 16 heavy (non-hydrogen) atoms. The molecule has 84 valence electrons. The number of hydrogen-bond donors (Lipinski definition) is 2. The van der Waals surface area contributed by atoms with Gasteiger partial charge < -0.3 is 5.32 Å². The van der Waals surface area contributed by atoms with E-state index in [1.807, 2.05) is 6.20 Å². The van der Waals surface area contributed by atoms with Crippen LogP contribution in [0.5, 0.6) is 0 Å². The second kappa shape index (κ2) is 4.85. The third-order valence-electron chi connectivity index (χ3n) is 2.24. The summed E-state index contributed by atoms with van der Waals surface area (Å²) in [6, 6.07) is 0.449. The van der Waals surface area contributed by atoms with E-state index < -0.39 is 0 Å². The summed E-state index contributed by atoms with van der Waals surface area (Å²) in [5, 5.41) is 10.3. The van der Waals surface area contributed by atoms with E-state index in [1.54, 1.807) is 18.6 Å². The van der Waals surface area contributed by atoms with Crippen molar-refractivity contribution < 1.29 is 0 Å². The van der Waals surface area contributed by atoms with Crippen molar-refractivity contribution in [1.29, 1.82) is 0 Å². The lowest BCUT2D eigenvalue weighted by molar-refractivity contribution is 0.589. The van der Waals surface area contributed by atoms with Gasteiger partial charge in [0, 0.05) is 30.5 Å². The normalized spacial score (nSPS) is 10.9. The fraction of sp³-hybridized carbons (Fsp3) is 0.364. The molecule has 0 fully saturated rings. The monoisotopic (exact) mass is 217 g/mol. The first-order valence-corrected chi connectivity index (χ1v) is 5.29. The Kier molecular flexibility index (Phi) is 3.26. The highest BCUT2D eigenvalue weighted by Gasteiger charge is 2.08. The van der Waals surface area contributed by atoms with Crippen LogP contribution in [0.15, 0.2) is 24.8 Å². The fourth-order valence-corrected chi connectivity index (χ4v) is 1.41. The van der Waals surface area contributed by atoms with Gasteiger partial charge >= 0.3 is 0 Å². The molecule has 0 aliphatic rings. The fourth-order valence-electron chi connectivity index (χ4n) is 1.41. The molecule has 0 amide bonds. The largest absolute Gasteiger partial charge is 0.310 e. The Morgan fingerprint density at radius 3 is 2.88 bits per heavy atom. The lowest BCUT2D eigenvalue weighted by Crippen LogP contribution is -2.21. The molecular weight excluding hydrogens is 202 g/mol. The Hall–Kier alpha value is -1.75. The molecule has 2 aromatic heterocycles.